The van der Waals surface area contributed by atoms with Crippen LogP contribution in [0.15, 0.2) is 42.7 Å². The predicted molar refractivity (Wildman–Crippen MR) is 95.8 cm³/mol. The molecule has 1 aromatic carbocycles. The van der Waals surface area contributed by atoms with Gasteiger partial charge in [0, 0.05) is 35.4 Å². The lowest BCUT2D eigenvalue weighted by atomic mass is 9.91. The number of rotatable bonds is 4. The highest BCUT2D eigenvalue weighted by molar-refractivity contribution is 5.98. The summed E-state index contributed by atoms with van der Waals surface area (Å²) >= 11 is 0. The Labute approximate surface area is 146 Å². The number of carbonyl (C=O) groups excluding carboxylic acids is 1. The fourth-order valence-corrected chi connectivity index (χ4v) is 3.60. The number of H-pyrrole nitrogens is 1. The maximum atomic E-state index is 12.6. The molecule has 1 fully saturated rings. The second kappa shape index (κ2) is 6.63. The van der Waals surface area contributed by atoms with Crippen molar-refractivity contribution in [2.45, 2.75) is 37.8 Å². The molecule has 0 spiro atoms. The average Bonchev–Trinajstić information content (AvgIpc) is 3.31. The Hall–Kier alpha value is -2.76. The minimum Gasteiger partial charge on any atom is -0.497 e. The third-order valence-electron chi connectivity index (χ3n) is 5.01. The van der Waals surface area contributed by atoms with Crippen LogP contribution in [0.1, 0.15) is 42.2 Å². The number of hydrogen-bond donors (Lipinski definition) is 2. The minimum absolute atomic E-state index is 0.0438. The molecule has 0 radical (unpaired) electrons. The molecule has 130 valence electrons. The van der Waals surface area contributed by atoms with E-state index in [0.29, 0.717) is 11.7 Å². The number of hydrogen-bond acceptors (Lipinski definition) is 3. The predicted octanol–water partition coefficient (Wildman–Crippen LogP) is 3.29. The van der Waals surface area contributed by atoms with Crippen molar-refractivity contribution in [2.75, 3.05) is 7.11 Å². The maximum Gasteiger partial charge on any atom is 0.267 e. The van der Waals surface area contributed by atoms with Gasteiger partial charge in [-0.25, -0.2) is 0 Å². The second-order valence-corrected chi connectivity index (χ2v) is 6.60. The fraction of sp³-hybridized carbons (Fsp3) is 0.368. The van der Waals surface area contributed by atoms with Crippen LogP contribution in [0.2, 0.25) is 0 Å². The van der Waals surface area contributed by atoms with Gasteiger partial charge in [-0.2, -0.15) is 5.10 Å². The van der Waals surface area contributed by atoms with Crippen LogP contribution in [-0.4, -0.2) is 33.8 Å². The van der Waals surface area contributed by atoms with Crippen molar-refractivity contribution in [3.8, 4) is 5.75 Å². The van der Waals surface area contributed by atoms with Crippen molar-refractivity contribution in [3.63, 3.8) is 0 Å². The Morgan fingerprint density at radius 2 is 2.12 bits per heavy atom. The molecule has 2 heterocycles. The van der Waals surface area contributed by atoms with Crippen molar-refractivity contribution < 1.29 is 9.53 Å². The van der Waals surface area contributed by atoms with Crippen molar-refractivity contribution in [1.82, 2.24) is 20.1 Å². The zero-order chi connectivity index (χ0) is 17.2. The molecule has 6 nitrogen and oxygen atoms in total. The molecular formula is C19H22N4O2. The molecule has 0 unspecified atom stereocenters. The first-order chi connectivity index (χ1) is 12.2. The van der Waals surface area contributed by atoms with Crippen molar-refractivity contribution >= 4 is 16.8 Å². The van der Waals surface area contributed by atoms with Gasteiger partial charge in [0.1, 0.15) is 11.4 Å². The number of nitrogens with one attached hydrogen (secondary N) is 2. The van der Waals surface area contributed by atoms with Crippen LogP contribution in [0.5, 0.6) is 5.75 Å². The van der Waals surface area contributed by atoms with E-state index in [4.69, 9.17) is 4.74 Å². The van der Waals surface area contributed by atoms with Crippen molar-refractivity contribution in [2.24, 2.45) is 0 Å². The number of amides is 1. The summed E-state index contributed by atoms with van der Waals surface area (Å²) in [5, 5.41) is 8.49. The van der Waals surface area contributed by atoms with E-state index in [1.807, 2.05) is 47.4 Å². The lowest BCUT2D eigenvalue weighted by Gasteiger charge is -2.29. The molecule has 0 bridgehead atoms. The summed E-state index contributed by atoms with van der Waals surface area (Å²) in [6.45, 7) is 0. The smallest absolute Gasteiger partial charge is 0.267 e. The van der Waals surface area contributed by atoms with Gasteiger partial charge in [-0.3, -0.25) is 9.48 Å². The van der Waals surface area contributed by atoms with E-state index in [-0.39, 0.29) is 11.9 Å². The van der Waals surface area contributed by atoms with Gasteiger partial charge in [-0.15, -0.1) is 0 Å². The van der Waals surface area contributed by atoms with Crippen LogP contribution in [0, 0.1) is 0 Å². The van der Waals surface area contributed by atoms with Crippen LogP contribution in [0.25, 0.3) is 10.9 Å². The first-order valence-corrected chi connectivity index (χ1v) is 8.69. The lowest BCUT2D eigenvalue weighted by Crippen LogP contribution is -2.38. The highest BCUT2D eigenvalue weighted by atomic mass is 16.5. The first kappa shape index (κ1) is 15.7. The van der Waals surface area contributed by atoms with Crippen LogP contribution >= 0.6 is 0 Å². The van der Waals surface area contributed by atoms with E-state index in [1.165, 1.54) is 0 Å². The fourth-order valence-electron chi connectivity index (χ4n) is 3.60. The topological polar surface area (TPSA) is 71.9 Å². The Morgan fingerprint density at radius 3 is 2.84 bits per heavy atom. The molecule has 2 aromatic heterocycles. The highest BCUT2D eigenvalue weighted by Gasteiger charge is 2.24. The number of aromatic amines is 1. The molecule has 25 heavy (non-hydrogen) atoms. The summed E-state index contributed by atoms with van der Waals surface area (Å²) in [6, 6.07) is 10.3. The van der Waals surface area contributed by atoms with Gasteiger partial charge in [0.15, 0.2) is 0 Å². The quantitative estimate of drug-likeness (QED) is 0.767. The van der Waals surface area contributed by atoms with E-state index in [0.717, 1.165) is 42.3 Å². The molecule has 6 heteroatoms. The Balaban J connectivity index is 1.39. The minimum atomic E-state index is -0.0438. The number of aromatic nitrogens is 3. The summed E-state index contributed by atoms with van der Waals surface area (Å²) in [4.78, 5) is 15.7. The lowest BCUT2D eigenvalue weighted by molar-refractivity contribution is 0.0917. The maximum absolute atomic E-state index is 12.6. The molecule has 0 saturated heterocycles. The van der Waals surface area contributed by atoms with Crippen molar-refractivity contribution in [3.05, 3.63) is 48.4 Å². The average molecular weight is 338 g/mol. The third kappa shape index (κ3) is 3.24. The molecule has 4 rings (SSSR count). The van der Waals surface area contributed by atoms with E-state index in [1.54, 1.807) is 7.11 Å². The molecule has 0 atom stereocenters. The summed E-state index contributed by atoms with van der Waals surface area (Å²) in [7, 11) is 1.64. The molecular weight excluding hydrogens is 316 g/mol. The summed E-state index contributed by atoms with van der Waals surface area (Å²) in [6.07, 6.45) is 7.86. The van der Waals surface area contributed by atoms with Crippen molar-refractivity contribution in [1.29, 1.82) is 0 Å². The van der Waals surface area contributed by atoms with Gasteiger partial charge >= 0.3 is 0 Å². The van der Waals surface area contributed by atoms with E-state index >= 15 is 0 Å². The Morgan fingerprint density at radius 1 is 1.28 bits per heavy atom. The van der Waals surface area contributed by atoms with Crippen LogP contribution in [0.4, 0.5) is 0 Å². The third-order valence-corrected chi connectivity index (χ3v) is 5.01. The zero-order valence-electron chi connectivity index (χ0n) is 14.2. The standard InChI is InChI=1S/C19H22N4O2/c1-25-16-8-3-13-11-18(22-17(13)12-16)19(24)21-14-4-6-15(7-5-14)23-10-2-9-20-23/h2-3,8-12,14-15,22H,4-7H2,1H3,(H,21,24). The van der Waals surface area contributed by atoms with Crippen LogP contribution < -0.4 is 10.1 Å². The molecule has 1 aliphatic rings. The highest BCUT2D eigenvalue weighted by Crippen LogP contribution is 2.28. The summed E-state index contributed by atoms with van der Waals surface area (Å²) in [5.74, 6) is 0.732. The Kier molecular flexibility index (Phi) is 4.17. The number of methoxy groups -OCH3 is 1. The van der Waals surface area contributed by atoms with E-state index in [9.17, 15) is 4.79 Å². The molecule has 1 aliphatic carbocycles. The largest absolute Gasteiger partial charge is 0.497 e. The van der Waals surface area contributed by atoms with Gasteiger partial charge in [0.2, 0.25) is 0 Å². The normalized spacial score (nSPS) is 20.5. The molecule has 1 saturated carbocycles. The van der Waals surface area contributed by atoms with Gasteiger partial charge < -0.3 is 15.0 Å². The molecule has 2 N–H and O–H groups in total. The SMILES string of the molecule is COc1ccc2cc(C(=O)NC3CCC(n4cccn4)CC3)[nH]c2c1. The van der Waals surface area contributed by atoms with Gasteiger partial charge in [-0.1, -0.05) is 0 Å². The van der Waals surface area contributed by atoms with Gasteiger partial charge in [0.25, 0.3) is 5.91 Å². The summed E-state index contributed by atoms with van der Waals surface area (Å²) in [5.41, 5.74) is 1.50. The second-order valence-electron chi connectivity index (χ2n) is 6.60. The summed E-state index contributed by atoms with van der Waals surface area (Å²) < 4.78 is 7.26. The molecule has 1 amide bonds. The number of benzene rings is 1. The van der Waals surface area contributed by atoms with Crippen LogP contribution in [-0.2, 0) is 0 Å². The number of carbonyl (C=O) groups is 1. The number of nitrogens with zero attached hydrogens (tertiary/aromatic N) is 2. The monoisotopic (exact) mass is 338 g/mol. The number of fused-ring (bicyclic) bond motifs is 1. The van der Waals surface area contributed by atoms with E-state index in [2.05, 4.69) is 15.4 Å². The van der Waals surface area contributed by atoms with E-state index < -0.39 is 0 Å². The zero-order valence-corrected chi connectivity index (χ0v) is 14.2. The molecule has 0 aliphatic heterocycles. The van der Waals surface area contributed by atoms with Crippen LogP contribution in [0.3, 0.4) is 0 Å². The number of ether oxygens (including phenoxy) is 1. The molecule has 3 aromatic rings. The first-order valence-electron chi connectivity index (χ1n) is 8.69. The Bertz CT molecular complexity index is 861. The van der Waals surface area contributed by atoms with Gasteiger partial charge in [-0.05, 0) is 49.9 Å². The van der Waals surface area contributed by atoms with Gasteiger partial charge in [0.05, 0.1) is 13.2 Å².